The van der Waals surface area contributed by atoms with E-state index in [9.17, 15) is 9.18 Å². The molecule has 0 atom stereocenters. The van der Waals surface area contributed by atoms with Crippen LogP contribution in [0.4, 0.5) is 4.39 Å². The van der Waals surface area contributed by atoms with Gasteiger partial charge in [-0.05, 0) is 24.0 Å². The topological polar surface area (TPSA) is 39.2 Å². The van der Waals surface area contributed by atoms with Crippen LogP contribution in [0.1, 0.15) is 37.7 Å². The smallest absolute Gasteiger partial charge is 0.357 e. The van der Waals surface area contributed by atoms with Crippen LogP contribution in [0.3, 0.4) is 0 Å². The van der Waals surface area contributed by atoms with Gasteiger partial charge in [-0.25, -0.2) is 9.78 Å². The van der Waals surface area contributed by atoms with Crippen molar-refractivity contribution in [2.75, 3.05) is 6.61 Å². The molecule has 4 heteroatoms. The molecular weight excluding hydrogens is 209 g/mol. The Morgan fingerprint density at radius 1 is 1.44 bits per heavy atom. The molecule has 0 aliphatic heterocycles. The van der Waals surface area contributed by atoms with Gasteiger partial charge in [-0.2, -0.15) is 4.39 Å². The second kappa shape index (κ2) is 5.05. The number of hydrogen-bond donors (Lipinski definition) is 0. The molecule has 0 aliphatic rings. The summed E-state index contributed by atoms with van der Waals surface area (Å²) in [6.07, 6.45) is 0.758. The lowest BCUT2D eigenvalue weighted by Gasteiger charge is -2.17. The fraction of sp³-hybridized carbons (Fsp3) is 0.500. The van der Waals surface area contributed by atoms with Crippen molar-refractivity contribution < 1.29 is 13.9 Å². The number of aromatic nitrogens is 1. The van der Waals surface area contributed by atoms with Crippen molar-refractivity contribution in [3.8, 4) is 0 Å². The molecule has 1 aromatic rings. The Labute approximate surface area is 94.6 Å². The predicted molar refractivity (Wildman–Crippen MR) is 58.5 cm³/mol. The first-order valence-corrected chi connectivity index (χ1v) is 5.18. The summed E-state index contributed by atoms with van der Waals surface area (Å²) in [6, 6.07) is 4.05. The lowest BCUT2D eigenvalue weighted by Crippen LogP contribution is -2.14. The first-order valence-electron chi connectivity index (χ1n) is 5.18. The average Bonchev–Trinajstić information content (AvgIpc) is 2.15. The molecule has 0 bridgehead atoms. The highest BCUT2D eigenvalue weighted by Gasteiger charge is 2.13. The minimum atomic E-state index is -0.676. The molecule has 3 nitrogen and oxygen atoms in total. The number of nitrogens with zero attached hydrogens (tertiary/aromatic N) is 1. The van der Waals surface area contributed by atoms with E-state index in [1.54, 1.807) is 0 Å². The molecular formula is C12H16FNO2. The third kappa shape index (κ3) is 4.38. The van der Waals surface area contributed by atoms with E-state index in [2.05, 4.69) is 25.8 Å². The molecule has 0 spiro atoms. The monoisotopic (exact) mass is 225 g/mol. The fourth-order valence-corrected chi connectivity index (χ4v) is 1.05. The lowest BCUT2D eigenvalue weighted by molar-refractivity contribution is 0.0456. The van der Waals surface area contributed by atoms with Gasteiger partial charge in [0.1, 0.15) is 0 Å². The van der Waals surface area contributed by atoms with Crippen LogP contribution in [-0.2, 0) is 4.74 Å². The highest BCUT2D eigenvalue weighted by molar-refractivity contribution is 5.87. The van der Waals surface area contributed by atoms with Crippen LogP contribution in [-0.4, -0.2) is 17.6 Å². The van der Waals surface area contributed by atoms with Gasteiger partial charge in [0.15, 0.2) is 5.69 Å². The molecule has 0 unspecified atom stereocenters. The van der Waals surface area contributed by atoms with Crippen LogP contribution in [0.2, 0.25) is 0 Å². The second-order valence-electron chi connectivity index (χ2n) is 4.79. The molecule has 0 aliphatic carbocycles. The van der Waals surface area contributed by atoms with Crippen molar-refractivity contribution in [2.45, 2.75) is 27.2 Å². The normalized spacial score (nSPS) is 11.2. The first-order chi connectivity index (χ1) is 7.38. The number of halogens is 1. The summed E-state index contributed by atoms with van der Waals surface area (Å²) in [5.74, 6) is -1.26. The van der Waals surface area contributed by atoms with Crippen molar-refractivity contribution in [1.29, 1.82) is 0 Å². The maximum absolute atomic E-state index is 12.7. The van der Waals surface area contributed by atoms with Crippen molar-refractivity contribution in [2.24, 2.45) is 5.41 Å². The molecule has 0 aromatic carbocycles. The SMILES string of the molecule is CC(C)(C)CCOC(=O)c1cccc(F)n1. The third-order valence-corrected chi connectivity index (χ3v) is 2.01. The van der Waals surface area contributed by atoms with E-state index < -0.39 is 11.9 Å². The molecule has 0 saturated heterocycles. The highest BCUT2D eigenvalue weighted by Crippen LogP contribution is 2.18. The summed E-state index contributed by atoms with van der Waals surface area (Å²) < 4.78 is 17.7. The van der Waals surface area contributed by atoms with Crippen molar-refractivity contribution in [3.05, 3.63) is 29.8 Å². The van der Waals surface area contributed by atoms with E-state index in [0.717, 1.165) is 6.42 Å². The fourth-order valence-electron chi connectivity index (χ4n) is 1.05. The Kier molecular flexibility index (Phi) is 3.99. The number of carbonyl (C=O) groups is 1. The minimum Gasteiger partial charge on any atom is -0.461 e. The van der Waals surface area contributed by atoms with Gasteiger partial charge in [0.05, 0.1) is 6.61 Å². The largest absolute Gasteiger partial charge is 0.461 e. The number of pyridine rings is 1. The molecule has 0 saturated carbocycles. The van der Waals surface area contributed by atoms with Crippen LogP contribution in [0, 0.1) is 11.4 Å². The quantitative estimate of drug-likeness (QED) is 0.586. The Morgan fingerprint density at radius 2 is 2.12 bits per heavy atom. The summed E-state index contributed by atoms with van der Waals surface area (Å²) in [4.78, 5) is 14.9. The Bertz CT molecular complexity index is 372. The van der Waals surface area contributed by atoms with Gasteiger partial charge < -0.3 is 4.74 Å². The van der Waals surface area contributed by atoms with Gasteiger partial charge in [0, 0.05) is 0 Å². The molecule has 0 fully saturated rings. The van der Waals surface area contributed by atoms with Crippen LogP contribution in [0.15, 0.2) is 18.2 Å². The number of carbonyl (C=O) groups excluding carboxylic acids is 1. The van der Waals surface area contributed by atoms with E-state index in [-0.39, 0.29) is 11.1 Å². The van der Waals surface area contributed by atoms with Gasteiger partial charge in [0.25, 0.3) is 0 Å². The van der Waals surface area contributed by atoms with Gasteiger partial charge in [0.2, 0.25) is 5.95 Å². The number of esters is 1. The zero-order valence-corrected chi connectivity index (χ0v) is 9.79. The zero-order valence-electron chi connectivity index (χ0n) is 9.79. The molecule has 1 rings (SSSR count). The number of ether oxygens (including phenoxy) is 1. The Balaban J connectivity index is 2.47. The molecule has 88 valence electrons. The zero-order chi connectivity index (χ0) is 12.2. The standard InChI is InChI=1S/C12H16FNO2/c1-12(2,3)7-8-16-11(15)9-5-4-6-10(13)14-9/h4-6H,7-8H2,1-3H3. The van der Waals surface area contributed by atoms with Crippen LogP contribution in [0.5, 0.6) is 0 Å². The maximum atomic E-state index is 12.7. The van der Waals surface area contributed by atoms with Gasteiger partial charge in [-0.1, -0.05) is 26.8 Å². The Morgan fingerprint density at radius 3 is 2.69 bits per heavy atom. The molecule has 0 N–H and O–H groups in total. The maximum Gasteiger partial charge on any atom is 0.357 e. The first kappa shape index (κ1) is 12.6. The number of hydrogen-bond acceptors (Lipinski definition) is 3. The van der Waals surface area contributed by atoms with E-state index in [0.29, 0.717) is 6.61 Å². The molecule has 0 radical (unpaired) electrons. The molecule has 16 heavy (non-hydrogen) atoms. The second-order valence-corrected chi connectivity index (χ2v) is 4.79. The molecule has 0 amide bonds. The van der Waals surface area contributed by atoms with Crippen LogP contribution < -0.4 is 0 Å². The number of rotatable bonds is 3. The molecule has 1 heterocycles. The summed E-state index contributed by atoms with van der Waals surface area (Å²) in [5, 5.41) is 0. The highest BCUT2D eigenvalue weighted by atomic mass is 19.1. The average molecular weight is 225 g/mol. The van der Waals surface area contributed by atoms with Gasteiger partial charge in [-0.3, -0.25) is 0 Å². The van der Waals surface area contributed by atoms with E-state index in [1.165, 1.54) is 18.2 Å². The van der Waals surface area contributed by atoms with Gasteiger partial charge in [-0.15, -0.1) is 0 Å². The van der Waals surface area contributed by atoms with E-state index >= 15 is 0 Å². The third-order valence-electron chi connectivity index (χ3n) is 2.01. The summed E-state index contributed by atoms with van der Waals surface area (Å²) in [7, 11) is 0. The minimum absolute atomic E-state index is 0.00825. The lowest BCUT2D eigenvalue weighted by atomic mass is 9.93. The summed E-state index contributed by atoms with van der Waals surface area (Å²) in [5.41, 5.74) is 0.115. The van der Waals surface area contributed by atoms with Crippen molar-refractivity contribution in [1.82, 2.24) is 4.98 Å². The molecule has 1 aromatic heterocycles. The van der Waals surface area contributed by atoms with Crippen molar-refractivity contribution >= 4 is 5.97 Å². The Hall–Kier alpha value is -1.45. The van der Waals surface area contributed by atoms with E-state index in [4.69, 9.17) is 4.74 Å². The predicted octanol–water partition coefficient (Wildman–Crippen LogP) is 2.81. The van der Waals surface area contributed by atoms with Crippen molar-refractivity contribution in [3.63, 3.8) is 0 Å². The summed E-state index contributed by atoms with van der Waals surface area (Å²) >= 11 is 0. The van der Waals surface area contributed by atoms with Crippen LogP contribution >= 0.6 is 0 Å². The van der Waals surface area contributed by atoms with Gasteiger partial charge >= 0.3 is 5.97 Å². The summed E-state index contributed by atoms with van der Waals surface area (Å²) in [6.45, 7) is 6.49. The van der Waals surface area contributed by atoms with E-state index in [1.807, 2.05) is 0 Å². The van der Waals surface area contributed by atoms with Crippen LogP contribution in [0.25, 0.3) is 0 Å².